The fourth-order valence-corrected chi connectivity index (χ4v) is 3.57. The van der Waals surface area contributed by atoms with E-state index in [-0.39, 0.29) is 24.5 Å². The predicted molar refractivity (Wildman–Crippen MR) is 101 cm³/mol. The van der Waals surface area contributed by atoms with E-state index in [2.05, 4.69) is 15.3 Å². The summed E-state index contributed by atoms with van der Waals surface area (Å²) in [5, 5.41) is 13.4. The number of amides is 2. The number of fused-ring (bicyclic) bond motifs is 1. The van der Waals surface area contributed by atoms with Crippen LogP contribution in [-0.4, -0.2) is 40.3 Å². The number of pyridine rings is 1. The van der Waals surface area contributed by atoms with Gasteiger partial charge < -0.3 is 15.3 Å². The molecule has 1 fully saturated rings. The molecule has 0 bridgehead atoms. The summed E-state index contributed by atoms with van der Waals surface area (Å²) in [6.45, 7) is 0.0970. The Hall–Kier alpha value is -2.84. The van der Waals surface area contributed by atoms with Gasteiger partial charge in [-0.2, -0.15) is 0 Å². The first-order chi connectivity index (χ1) is 13.4. The minimum Gasteiger partial charge on any atom is -0.372 e. The highest BCUT2D eigenvalue weighted by Gasteiger charge is 2.51. The van der Waals surface area contributed by atoms with Crippen LogP contribution in [0, 0.1) is 5.82 Å². The molecule has 1 aromatic heterocycles. The molecule has 1 saturated heterocycles. The van der Waals surface area contributed by atoms with Crippen LogP contribution >= 0.6 is 11.6 Å². The molecule has 1 atom stereocenters. The first kappa shape index (κ1) is 18.5. The van der Waals surface area contributed by atoms with E-state index in [0.29, 0.717) is 23.4 Å². The Morgan fingerprint density at radius 3 is 2.96 bits per heavy atom. The van der Waals surface area contributed by atoms with Gasteiger partial charge in [0.2, 0.25) is 5.60 Å². The lowest BCUT2D eigenvalue weighted by molar-refractivity contribution is -0.149. The molecule has 2 amide bonds. The van der Waals surface area contributed by atoms with Crippen LogP contribution in [0.5, 0.6) is 0 Å². The van der Waals surface area contributed by atoms with Crippen molar-refractivity contribution in [2.75, 3.05) is 11.4 Å². The number of carbonyl (C=O) groups is 2. The molecule has 4 rings (SSSR count). The van der Waals surface area contributed by atoms with Crippen LogP contribution in [-0.2, 0) is 22.6 Å². The number of carbonyl (C=O) groups excluding carboxylic acids is 2. The molecule has 2 aliphatic heterocycles. The number of rotatable bonds is 4. The lowest BCUT2D eigenvalue weighted by atomic mass is 10.0. The van der Waals surface area contributed by atoms with E-state index >= 15 is 0 Å². The van der Waals surface area contributed by atoms with Crippen LogP contribution in [0.3, 0.4) is 0 Å². The number of nitrogens with one attached hydrogen (secondary N) is 1. The average Bonchev–Trinajstić information content (AvgIpc) is 3.24. The standard InChI is InChI=1S/C19H16ClFN4O3/c20-12-5-11(6-13(21)7-12)9-24-17(26)19(28)2-4-25(18(19)27)14-8-16-15(23-10-14)1-3-22-16/h3,5-8,10,28H,1-2,4,9H2,(H,24,26)/t19-/m0/s1. The van der Waals surface area contributed by atoms with Gasteiger partial charge in [0.1, 0.15) is 5.82 Å². The number of hydrogen-bond acceptors (Lipinski definition) is 5. The minimum atomic E-state index is -2.20. The highest BCUT2D eigenvalue weighted by Crippen LogP contribution is 2.32. The van der Waals surface area contributed by atoms with Gasteiger partial charge in [0, 0.05) is 37.2 Å². The van der Waals surface area contributed by atoms with E-state index in [4.69, 9.17) is 11.6 Å². The minimum absolute atomic E-state index is 0.0675. The van der Waals surface area contributed by atoms with Crippen LogP contribution < -0.4 is 10.2 Å². The highest BCUT2D eigenvalue weighted by molar-refractivity contribution is 6.30. The van der Waals surface area contributed by atoms with Gasteiger partial charge in [-0.1, -0.05) is 11.6 Å². The second kappa shape index (κ2) is 6.96. The van der Waals surface area contributed by atoms with Crippen LogP contribution in [0.2, 0.25) is 5.02 Å². The predicted octanol–water partition coefficient (Wildman–Crippen LogP) is 1.92. The van der Waals surface area contributed by atoms with Crippen molar-refractivity contribution in [2.45, 2.75) is 25.0 Å². The van der Waals surface area contributed by atoms with Gasteiger partial charge >= 0.3 is 0 Å². The van der Waals surface area contributed by atoms with Crippen LogP contribution in [0.25, 0.3) is 0 Å². The molecule has 0 spiro atoms. The molecular weight excluding hydrogens is 387 g/mol. The third-order valence-corrected chi connectivity index (χ3v) is 5.03. The van der Waals surface area contributed by atoms with E-state index in [9.17, 15) is 19.1 Å². The largest absolute Gasteiger partial charge is 0.372 e. The Bertz CT molecular complexity index is 992. The molecule has 0 radical (unpaired) electrons. The van der Waals surface area contributed by atoms with E-state index in [1.54, 1.807) is 12.3 Å². The smallest absolute Gasteiger partial charge is 0.268 e. The maximum atomic E-state index is 13.4. The van der Waals surface area contributed by atoms with Gasteiger partial charge in [-0.05, 0) is 29.8 Å². The molecule has 0 aliphatic carbocycles. The maximum Gasteiger partial charge on any atom is 0.268 e. The van der Waals surface area contributed by atoms with Crippen molar-refractivity contribution in [3.8, 4) is 0 Å². The van der Waals surface area contributed by atoms with Crippen molar-refractivity contribution >= 4 is 41.0 Å². The molecule has 0 unspecified atom stereocenters. The Morgan fingerprint density at radius 2 is 2.18 bits per heavy atom. The molecule has 0 saturated carbocycles. The summed E-state index contributed by atoms with van der Waals surface area (Å²) in [7, 11) is 0. The molecule has 3 heterocycles. The molecule has 9 heteroatoms. The van der Waals surface area contributed by atoms with Gasteiger partial charge in [-0.25, -0.2) is 4.39 Å². The normalized spacial score (nSPS) is 20.5. The number of aliphatic hydroxyl groups is 1. The Labute approximate surface area is 164 Å². The van der Waals surface area contributed by atoms with E-state index in [1.165, 1.54) is 23.2 Å². The van der Waals surface area contributed by atoms with Crippen LogP contribution in [0.1, 0.15) is 17.7 Å². The van der Waals surface area contributed by atoms with E-state index in [1.807, 2.05) is 0 Å². The lowest BCUT2D eigenvalue weighted by Crippen LogP contribution is -2.52. The van der Waals surface area contributed by atoms with Crippen molar-refractivity contribution in [1.82, 2.24) is 10.3 Å². The molecular formula is C19H16ClFN4O3. The molecule has 2 aliphatic rings. The van der Waals surface area contributed by atoms with Gasteiger partial charge in [0.15, 0.2) is 0 Å². The fraction of sp³-hybridized carbons (Fsp3) is 0.263. The highest BCUT2D eigenvalue weighted by atomic mass is 35.5. The molecule has 7 nitrogen and oxygen atoms in total. The number of anilines is 1. The summed E-state index contributed by atoms with van der Waals surface area (Å²) in [6.07, 6.45) is 3.83. The quantitative estimate of drug-likeness (QED) is 0.764. The summed E-state index contributed by atoms with van der Waals surface area (Å²) in [6, 6.07) is 5.57. The zero-order valence-electron chi connectivity index (χ0n) is 14.7. The second-order valence-electron chi connectivity index (χ2n) is 6.70. The van der Waals surface area contributed by atoms with E-state index < -0.39 is 23.2 Å². The van der Waals surface area contributed by atoms with Crippen molar-refractivity contribution in [1.29, 1.82) is 0 Å². The number of nitrogens with zero attached hydrogens (tertiary/aromatic N) is 3. The first-order valence-electron chi connectivity index (χ1n) is 8.66. The van der Waals surface area contributed by atoms with Crippen molar-refractivity contribution < 1.29 is 19.1 Å². The summed E-state index contributed by atoms with van der Waals surface area (Å²) in [5.41, 5.74) is 0.193. The zero-order valence-corrected chi connectivity index (χ0v) is 15.4. The first-order valence-corrected chi connectivity index (χ1v) is 9.04. The molecule has 1 aromatic carbocycles. The molecule has 2 aromatic rings. The third-order valence-electron chi connectivity index (χ3n) is 4.81. The maximum absolute atomic E-state index is 13.4. The zero-order chi connectivity index (χ0) is 19.9. The SMILES string of the molecule is O=C(NCc1cc(F)cc(Cl)c1)[C@@]1(O)CCN(c2cnc3c(c2)N=CC3)C1=O. The summed E-state index contributed by atoms with van der Waals surface area (Å²) >= 11 is 5.79. The van der Waals surface area contributed by atoms with Gasteiger partial charge in [-0.3, -0.25) is 19.6 Å². The van der Waals surface area contributed by atoms with Crippen molar-refractivity contribution in [3.63, 3.8) is 0 Å². The summed E-state index contributed by atoms with van der Waals surface area (Å²) in [5.74, 6) is -2.11. The van der Waals surface area contributed by atoms with Crippen LogP contribution in [0.15, 0.2) is 35.5 Å². The Balaban J connectivity index is 1.48. The topological polar surface area (TPSA) is 94.9 Å². The number of hydrogen-bond donors (Lipinski definition) is 2. The fourth-order valence-electron chi connectivity index (χ4n) is 3.32. The Morgan fingerprint density at radius 1 is 1.36 bits per heavy atom. The van der Waals surface area contributed by atoms with Crippen molar-refractivity contribution in [3.05, 3.63) is 52.6 Å². The average molecular weight is 403 g/mol. The number of aliphatic imine (C=N–C) groups is 1. The number of benzene rings is 1. The van der Waals surface area contributed by atoms with Gasteiger partial charge in [-0.15, -0.1) is 0 Å². The summed E-state index contributed by atoms with van der Waals surface area (Å²) in [4.78, 5) is 35.1. The van der Waals surface area contributed by atoms with Crippen molar-refractivity contribution in [2.24, 2.45) is 4.99 Å². The summed E-state index contributed by atoms with van der Waals surface area (Å²) < 4.78 is 13.4. The molecule has 28 heavy (non-hydrogen) atoms. The number of aromatic nitrogens is 1. The van der Waals surface area contributed by atoms with E-state index in [0.717, 1.165) is 11.8 Å². The number of halogens is 2. The van der Waals surface area contributed by atoms with Crippen LogP contribution in [0.4, 0.5) is 15.8 Å². The van der Waals surface area contributed by atoms with Gasteiger partial charge in [0.25, 0.3) is 11.8 Å². The monoisotopic (exact) mass is 402 g/mol. The molecule has 2 N–H and O–H groups in total. The second-order valence-corrected chi connectivity index (χ2v) is 7.14. The lowest BCUT2D eigenvalue weighted by Gasteiger charge is -2.22. The molecule has 144 valence electrons. The Kier molecular flexibility index (Phi) is 4.60. The van der Waals surface area contributed by atoms with Gasteiger partial charge in [0.05, 0.1) is 23.3 Å². The third kappa shape index (κ3) is 3.25.